The number of piperidine rings is 1. The number of carbonyl (C=O) groups excluding carboxylic acids is 1. The van der Waals surface area contributed by atoms with E-state index in [0.717, 1.165) is 30.7 Å². The summed E-state index contributed by atoms with van der Waals surface area (Å²) in [6.07, 6.45) is 2.63. The fraction of sp³-hybridized carbons (Fsp3) is 0.367. The minimum absolute atomic E-state index is 0.0289. The third-order valence-corrected chi connectivity index (χ3v) is 6.68. The Hall–Kier alpha value is -4.51. The highest BCUT2D eigenvalue weighted by Crippen LogP contribution is 2.36. The van der Waals surface area contributed by atoms with Gasteiger partial charge in [-0.25, -0.2) is 19.4 Å². The van der Waals surface area contributed by atoms with Crippen LogP contribution in [0.2, 0.25) is 0 Å². The first-order valence-corrected chi connectivity index (χ1v) is 13.7. The van der Waals surface area contributed by atoms with E-state index in [-0.39, 0.29) is 12.5 Å². The number of benzene rings is 2. The second-order valence-corrected chi connectivity index (χ2v) is 11.0. The first-order chi connectivity index (χ1) is 19.7. The molecule has 2 aromatic heterocycles. The van der Waals surface area contributed by atoms with Gasteiger partial charge >= 0.3 is 12.1 Å². The van der Waals surface area contributed by atoms with Crippen molar-refractivity contribution in [3.63, 3.8) is 0 Å². The van der Waals surface area contributed by atoms with Crippen LogP contribution in [-0.2, 0) is 9.53 Å². The summed E-state index contributed by atoms with van der Waals surface area (Å²) >= 11 is 0. The van der Waals surface area contributed by atoms with Crippen LogP contribution in [0, 0.1) is 0 Å². The van der Waals surface area contributed by atoms with E-state index in [1.54, 1.807) is 20.8 Å². The molecule has 3 heterocycles. The normalized spacial score (nSPS) is 15.9. The number of aromatic nitrogens is 4. The van der Waals surface area contributed by atoms with E-state index in [0.29, 0.717) is 41.4 Å². The van der Waals surface area contributed by atoms with E-state index in [1.165, 1.54) is 6.33 Å². The Labute approximate surface area is 238 Å². The van der Waals surface area contributed by atoms with Gasteiger partial charge in [-0.05, 0) is 76.6 Å². The molecule has 0 bridgehead atoms. The number of likely N-dealkylation sites (tertiary alicyclic amines) is 1. The highest BCUT2D eigenvalue weighted by Gasteiger charge is 2.28. The minimum atomic E-state index is -0.816. The summed E-state index contributed by atoms with van der Waals surface area (Å²) in [5.41, 5.74) is 1.31. The first-order valence-electron chi connectivity index (χ1n) is 13.7. The number of ether oxygens (including phenoxy) is 2. The number of para-hydroxylation sites is 1. The zero-order chi connectivity index (χ0) is 29.0. The van der Waals surface area contributed by atoms with Crippen LogP contribution in [0.3, 0.4) is 0 Å². The number of hydrogen-bond donors (Lipinski definition) is 2. The fourth-order valence-corrected chi connectivity index (χ4v) is 4.92. The first kappa shape index (κ1) is 28.0. The molecule has 1 unspecified atom stereocenters. The molecule has 1 saturated heterocycles. The third-order valence-electron chi connectivity index (χ3n) is 6.68. The van der Waals surface area contributed by atoms with Crippen LogP contribution in [-0.4, -0.2) is 67.1 Å². The number of hydrogen-bond acceptors (Lipinski definition) is 8. The Morgan fingerprint density at radius 2 is 1.78 bits per heavy atom. The Morgan fingerprint density at radius 3 is 2.49 bits per heavy atom. The molecule has 1 amide bonds. The van der Waals surface area contributed by atoms with Gasteiger partial charge in [0.25, 0.3) is 0 Å². The number of carbonyl (C=O) groups is 2. The topological polar surface area (TPSA) is 132 Å². The standard InChI is InChI=1S/C30H34N6O5/c1-30(2,3)41-29(39)33-27-25-26(20-11-13-23(14-12-20)40-22-9-5-4-6-10-22)34-36(28(25)32-19-31-27)21-8-7-16-35(18-21)17-15-24(37)38/h4-6,9-14,19,21H,7-8,15-18H2,1-3H3,(H,37,38)(H,31,32,33,39). The van der Waals surface area contributed by atoms with Gasteiger partial charge in [-0.3, -0.25) is 10.1 Å². The molecule has 2 N–H and O–H groups in total. The summed E-state index contributed by atoms with van der Waals surface area (Å²) in [5.74, 6) is 0.892. The third kappa shape index (κ3) is 6.98. The van der Waals surface area contributed by atoms with E-state index in [4.69, 9.17) is 19.7 Å². The molecule has 11 nitrogen and oxygen atoms in total. The number of nitrogens with one attached hydrogen (secondary N) is 1. The molecular weight excluding hydrogens is 524 g/mol. The predicted molar refractivity (Wildman–Crippen MR) is 154 cm³/mol. The monoisotopic (exact) mass is 558 g/mol. The lowest BCUT2D eigenvalue weighted by atomic mass is 10.1. The smallest absolute Gasteiger partial charge is 0.413 e. The maximum atomic E-state index is 12.7. The number of carboxylic acid groups (broad SMARTS) is 1. The van der Waals surface area contributed by atoms with Gasteiger partial charge in [0.15, 0.2) is 11.5 Å². The van der Waals surface area contributed by atoms with Gasteiger partial charge in [-0.15, -0.1) is 0 Å². The summed E-state index contributed by atoms with van der Waals surface area (Å²) in [7, 11) is 0. The van der Waals surface area contributed by atoms with E-state index >= 15 is 0 Å². The lowest BCUT2D eigenvalue weighted by Crippen LogP contribution is -2.38. The molecule has 2 aromatic carbocycles. The van der Waals surface area contributed by atoms with Gasteiger partial charge in [0.1, 0.15) is 29.1 Å². The number of anilines is 1. The summed E-state index contributed by atoms with van der Waals surface area (Å²) in [5, 5.41) is 17.5. The van der Waals surface area contributed by atoms with Crippen LogP contribution in [0.1, 0.15) is 46.1 Å². The zero-order valence-corrected chi connectivity index (χ0v) is 23.4. The maximum absolute atomic E-state index is 12.7. The Bertz CT molecular complexity index is 1510. The van der Waals surface area contributed by atoms with Gasteiger partial charge in [-0.2, -0.15) is 5.10 Å². The predicted octanol–water partition coefficient (Wildman–Crippen LogP) is 5.74. The number of fused-ring (bicyclic) bond motifs is 1. The van der Waals surface area contributed by atoms with Gasteiger partial charge < -0.3 is 19.5 Å². The summed E-state index contributed by atoms with van der Waals surface area (Å²) in [6, 6.07) is 17.1. The highest BCUT2D eigenvalue weighted by atomic mass is 16.6. The largest absolute Gasteiger partial charge is 0.481 e. The molecule has 4 aromatic rings. The van der Waals surface area contributed by atoms with Gasteiger partial charge in [-0.1, -0.05) is 18.2 Å². The second-order valence-electron chi connectivity index (χ2n) is 11.0. The van der Waals surface area contributed by atoms with E-state index < -0.39 is 17.7 Å². The molecule has 5 rings (SSSR count). The number of amides is 1. The van der Waals surface area contributed by atoms with Crippen molar-refractivity contribution in [3.05, 3.63) is 60.9 Å². The molecule has 1 fully saturated rings. The average Bonchev–Trinajstić information content (AvgIpc) is 3.33. The van der Waals surface area contributed by atoms with E-state index in [9.17, 15) is 9.59 Å². The molecule has 0 saturated carbocycles. The Morgan fingerprint density at radius 1 is 1.05 bits per heavy atom. The second kappa shape index (κ2) is 11.9. The van der Waals surface area contributed by atoms with Crippen molar-refractivity contribution in [3.8, 4) is 22.8 Å². The van der Waals surface area contributed by atoms with Gasteiger partial charge in [0, 0.05) is 18.7 Å². The van der Waals surface area contributed by atoms with E-state index in [2.05, 4.69) is 20.2 Å². The summed E-state index contributed by atoms with van der Waals surface area (Å²) < 4.78 is 13.3. The van der Waals surface area contributed by atoms with Crippen molar-refractivity contribution in [2.75, 3.05) is 25.0 Å². The molecule has 1 aliphatic rings. The molecule has 0 aliphatic carbocycles. The molecule has 214 valence electrons. The lowest BCUT2D eigenvalue weighted by molar-refractivity contribution is -0.137. The van der Waals surface area contributed by atoms with Crippen LogP contribution in [0.15, 0.2) is 60.9 Å². The van der Waals surface area contributed by atoms with Crippen LogP contribution in [0.4, 0.5) is 10.6 Å². The molecule has 1 atom stereocenters. The summed E-state index contributed by atoms with van der Waals surface area (Å²) in [4.78, 5) is 35.0. The maximum Gasteiger partial charge on any atom is 0.413 e. The Kier molecular flexibility index (Phi) is 8.16. The fourth-order valence-electron chi connectivity index (χ4n) is 4.92. The van der Waals surface area contributed by atoms with Crippen molar-refractivity contribution in [1.82, 2.24) is 24.6 Å². The minimum Gasteiger partial charge on any atom is -0.481 e. The molecule has 41 heavy (non-hydrogen) atoms. The molecule has 11 heteroatoms. The van der Waals surface area contributed by atoms with Crippen LogP contribution in [0.5, 0.6) is 11.5 Å². The summed E-state index contributed by atoms with van der Waals surface area (Å²) in [6.45, 7) is 7.34. The number of aliphatic carboxylic acids is 1. The van der Waals surface area contributed by atoms with Crippen molar-refractivity contribution >= 4 is 28.9 Å². The molecule has 0 radical (unpaired) electrons. The number of carboxylic acids is 1. The molecule has 1 aliphatic heterocycles. The zero-order valence-electron chi connectivity index (χ0n) is 23.4. The molecular formula is C30H34N6O5. The lowest BCUT2D eigenvalue weighted by Gasteiger charge is -2.32. The van der Waals surface area contributed by atoms with Crippen molar-refractivity contribution in [1.29, 1.82) is 0 Å². The molecule has 0 spiro atoms. The Balaban J connectivity index is 1.52. The number of nitrogens with zero attached hydrogens (tertiary/aromatic N) is 5. The number of rotatable bonds is 8. The van der Waals surface area contributed by atoms with Crippen molar-refractivity contribution < 1.29 is 24.2 Å². The van der Waals surface area contributed by atoms with Crippen LogP contribution >= 0.6 is 0 Å². The van der Waals surface area contributed by atoms with Crippen LogP contribution < -0.4 is 10.1 Å². The van der Waals surface area contributed by atoms with Gasteiger partial charge in [0.05, 0.1) is 17.8 Å². The van der Waals surface area contributed by atoms with E-state index in [1.807, 2.05) is 59.3 Å². The van der Waals surface area contributed by atoms with Crippen molar-refractivity contribution in [2.45, 2.75) is 51.7 Å². The quantitative estimate of drug-likeness (QED) is 0.278. The van der Waals surface area contributed by atoms with Crippen molar-refractivity contribution in [2.24, 2.45) is 0 Å². The average molecular weight is 559 g/mol. The van der Waals surface area contributed by atoms with Crippen LogP contribution in [0.25, 0.3) is 22.3 Å². The van der Waals surface area contributed by atoms with Gasteiger partial charge in [0.2, 0.25) is 0 Å². The highest BCUT2D eigenvalue weighted by molar-refractivity contribution is 6.03. The SMILES string of the molecule is CC(C)(C)OC(=O)Nc1ncnc2c1c(-c1ccc(Oc3ccccc3)cc1)nn2C1CCCN(CCC(=O)O)C1.